The van der Waals surface area contributed by atoms with Gasteiger partial charge in [0.1, 0.15) is 17.6 Å². The van der Waals surface area contributed by atoms with Crippen molar-refractivity contribution in [3.63, 3.8) is 0 Å². The van der Waals surface area contributed by atoms with Gasteiger partial charge in [-0.25, -0.2) is 8.78 Å². The van der Waals surface area contributed by atoms with E-state index in [0.29, 0.717) is 19.1 Å². The highest BCUT2D eigenvalue weighted by Gasteiger charge is 2.25. The molecule has 5 heteroatoms. The molecular weight excluding hydrogens is 264 g/mol. The lowest BCUT2D eigenvalue weighted by atomic mass is 9.92. The average molecular weight is 279 g/mol. The van der Waals surface area contributed by atoms with Gasteiger partial charge in [0, 0.05) is 24.7 Å². The van der Waals surface area contributed by atoms with Crippen LogP contribution in [-0.2, 0) is 9.53 Å². The van der Waals surface area contributed by atoms with E-state index in [1.807, 2.05) is 0 Å². The van der Waals surface area contributed by atoms with Crippen LogP contribution in [0.5, 0.6) is 0 Å². The maximum absolute atomic E-state index is 13.6. The van der Waals surface area contributed by atoms with Crippen molar-refractivity contribution in [1.29, 1.82) is 5.26 Å². The number of hydrogen-bond donors (Lipinski definition) is 0. The fraction of sp³-hybridized carbons (Fsp3) is 0.467. The van der Waals surface area contributed by atoms with Gasteiger partial charge in [-0.2, -0.15) is 5.26 Å². The van der Waals surface area contributed by atoms with Gasteiger partial charge in [-0.15, -0.1) is 0 Å². The molecule has 1 aromatic carbocycles. The SMILES string of the molecule is N#CC(C(=O)CCC1CCCO1)c1ccc(F)cc1F. The number of ketones is 1. The highest BCUT2D eigenvalue weighted by molar-refractivity contribution is 5.88. The van der Waals surface area contributed by atoms with E-state index in [-0.39, 0.29) is 23.9 Å². The topological polar surface area (TPSA) is 50.1 Å². The second kappa shape index (κ2) is 6.58. The van der Waals surface area contributed by atoms with Crippen molar-refractivity contribution in [1.82, 2.24) is 0 Å². The lowest BCUT2D eigenvalue weighted by Crippen LogP contribution is -2.15. The zero-order chi connectivity index (χ0) is 14.5. The maximum Gasteiger partial charge on any atom is 0.154 e. The predicted molar refractivity (Wildman–Crippen MR) is 67.9 cm³/mol. The number of rotatable bonds is 5. The lowest BCUT2D eigenvalue weighted by Gasteiger charge is -2.12. The minimum Gasteiger partial charge on any atom is -0.378 e. The van der Waals surface area contributed by atoms with E-state index in [9.17, 15) is 13.6 Å². The summed E-state index contributed by atoms with van der Waals surface area (Å²) < 4.78 is 31.9. The number of nitrogens with zero attached hydrogens (tertiary/aromatic N) is 1. The van der Waals surface area contributed by atoms with Crippen LogP contribution < -0.4 is 0 Å². The number of hydrogen-bond acceptors (Lipinski definition) is 3. The molecule has 2 rings (SSSR count). The van der Waals surface area contributed by atoms with Crippen molar-refractivity contribution in [2.24, 2.45) is 0 Å². The van der Waals surface area contributed by atoms with Crippen molar-refractivity contribution >= 4 is 5.78 Å². The molecule has 0 N–H and O–H groups in total. The fourth-order valence-electron chi connectivity index (χ4n) is 2.37. The Labute approximate surface area is 116 Å². The summed E-state index contributed by atoms with van der Waals surface area (Å²) in [6, 6.07) is 4.70. The average Bonchev–Trinajstić information content (AvgIpc) is 2.93. The monoisotopic (exact) mass is 279 g/mol. The number of Topliss-reactive ketones (excluding diaryl/α,β-unsaturated/α-hetero) is 1. The van der Waals surface area contributed by atoms with Crippen LogP contribution in [0.1, 0.15) is 37.2 Å². The zero-order valence-electron chi connectivity index (χ0n) is 10.9. The molecule has 1 fully saturated rings. The molecule has 2 unspecified atom stereocenters. The van der Waals surface area contributed by atoms with Crippen LogP contribution >= 0.6 is 0 Å². The Morgan fingerprint density at radius 1 is 1.50 bits per heavy atom. The first-order valence-corrected chi connectivity index (χ1v) is 6.60. The number of nitriles is 1. The summed E-state index contributed by atoms with van der Waals surface area (Å²) in [5.41, 5.74) is -0.0637. The molecule has 0 amide bonds. The third-order valence-electron chi connectivity index (χ3n) is 3.46. The molecule has 0 saturated carbocycles. The largest absolute Gasteiger partial charge is 0.378 e. The summed E-state index contributed by atoms with van der Waals surface area (Å²) in [5.74, 6) is -3.12. The lowest BCUT2D eigenvalue weighted by molar-refractivity contribution is -0.120. The molecule has 1 aromatic rings. The zero-order valence-corrected chi connectivity index (χ0v) is 10.9. The van der Waals surface area contributed by atoms with E-state index in [2.05, 4.69) is 0 Å². The molecule has 20 heavy (non-hydrogen) atoms. The minimum atomic E-state index is -1.18. The van der Waals surface area contributed by atoms with E-state index in [1.165, 1.54) is 0 Å². The molecule has 2 atom stereocenters. The molecule has 0 radical (unpaired) electrons. The fourth-order valence-corrected chi connectivity index (χ4v) is 2.37. The molecule has 1 saturated heterocycles. The molecule has 106 valence electrons. The molecule has 0 bridgehead atoms. The number of carbonyl (C=O) groups excluding carboxylic acids is 1. The van der Waals surface area contributed by atoms with Gasteiger partial charge in [-0.05, 0) is 25.3 Å². The van der Waals surface area contributed by atoms with Crippen molar-refractivity contribution < 1.29 is 18.3 Å². The molecule has 0 aromatic heterocycles. The minimum absolute atomic E-state index is 0.0522. The first-order valence-electron chi connectivity index (χ1n) is 6.60. The summed E-state index contributed by atoms with van der Waals surface area (Å²) in [4.78, 5) is 12.0. The van der Waals surface area contributed by atoms with Crippen LogP contribution in [0, 0.1) is 23.0 Å². The third kappa shape index (κ3) is 3.40. The molecule has 1 heterocycles. The Kier molecular flexibility index (Phi) is 4.80. The molecule has 0 spiro atoms. The summed E-state index contributed by atoms with van der Waals surface area (Å²) in [6.45, 7) is 0.702. The van der Waals surface area contributed by atoms with E-state index >= 15 is 0 Å². The smallest absolute Gasteiger partial charge is 0.154 e. The predicted octanol–water partition coefficient (Wildman–Crippen LogP) is 3.10. The van der Waals surface area contributed by atoms with Gasteiger partial charge in [0.15, 0.2) is 5.78 Å². The van der Waals surface area contributed by atoms with Crippen molar-refractivity contribution in [3.05, 3.63) is 35.4 Å². The number of ether oxygens (including phenoxy) is 1. The molecular formula is C15H15F2NO2. The van der Waals surface area contributed by atoms with Crippen molar-refractivity contribution in [2.45, 2.75) is 37.7 Å². The second-order valence-corrected chi connectivity index (χ2v) is 4.87. The quantitative estimate of drug-likeness (QED) is 0.832. The van der Waals surface area contributed by atoms with Gasteiger partial charge >= 0.3 is 0 Å². The van der Waals surface area contributed by atoms with E-state index in [4.69, 9.17) is 10.00 Å². The van der Waals surface area contributed by atoms with Crippen LogP contribution in [-0.4, -0.2) is 18.5 Å². The van der Waals surface area contributed by atoms with Crippen molar-refractivity contribution in [3.8, 4) is 6.07 Å². The van der Waals surface area contributed by atoms with Crippen molar-refractivity contribution in [2.75, 3.05) is 6.61 Å². The van der Waals surface area contributed by atoms with Crippen LogP contribution in [0.2, 0.25) is 0 Å². The van der Waals surface area contributed by atoms with Crippen LogP contribution in [0.15, 0.2) is 18.2 Å². The Morgan fingerprint density at radius 2 is 2.30 bits per heavy atom. The number of benzene rings is 1. The number of carbonyl (C=O) groups is 1. The Hall–Kier alpha value is -1.80. The van der Waals surface area contributed by atoms with Crippen LogP contribution in [0.25, 0.3) is 0 Å². The van der Waals surface area contributed by atoms with E-state index in [0.717, 1.165) is 25.0 Å². The van der Waals surface area contributed by atoms with Crippen LogP contribution in [0.4, 0.5) is 8.78 Å². The van der Waals surface area contributed by atoms with Gasteiger partial charge in [0.25, 0.3) is 0 Å². The Balaban J connectivity index is 2.03. The first kappa shape index (κ1) is 14.6. The van der Waals surface area contributed by atoms with Crippen LogP contribution in [0.3, 0.4) is 0 Å². The van der Waals surface area contributed by atoms with E-state index in [1.54, 1.807) is 6.07 Å². The summed E-state index contributed by atoms with van der Waals surface area (Å²) in [5, 5.41) is 9.07. The van der Waals surface area contributed by atoms with Gasteiger partial charge in [0.2, 0.25) is 0 Å². The van der Waals surface area contributed by atoms with Gasteiger partial charge in [-0.3, -0.25) is 4.79 Å². The molecule has 1 aliphatic rings. The van der Waals surface area contributed by atoms with E-state index < -0.39 is 17.6 Å². The summed E-state index contributed by atoms with van der Waals surface area (Å²) >= 11 is 0. The second-order valence-electron chi connectivity index (χ2n) is 4.87. The Bertz CT molecular complexity index is 533. The maximum atomic E-state index is 13.6. The highest BCUT2D eigenvalue weighted by atomic mass is 19.1. The highest BCUT2D eigenvalue weighted by Crippen LogP contribution is 2.24. The molecule has 1 aliphatic heterocycles. The molecule has 0 aliphatic carbocycles. The summed E-state index contributed by atoms with van der Waals surface area (Å²) in [6.07, 6.45) is 2.65. The van der Waals surface area contributed by atoms with Gasteiger partial charge < -0.3 is 4.74 Å². The third-order valence-corrected chi connectivity index (χ3v) is 3.46. The first-order chi connectivity index (χ1) is 9.61. The standard InChI is InChI=1S/C15H15F2NO2/c16-10-3-5-12(14(17)8-10)13(9-18)15(19)6-4-11-2-1-7-20-11/h3,5,8,11,13H,1-2,4,6-7H2. The normalized spacial score (nSPS) is 19.6. The number of halogens is 2. The molecule has 3 nitrogen and oxygen atoms in total. The Morgan fingerprint density at radius 3 is 2.90 bits per heavy atom. The van der Waals surface area contributed by atoms with Gasteiger partial charge in [0.05, 0.1) is 12.2 Å². The summed E-state index contributed by atoms with van der Waals surface area (Å²) in [7, 11) is 0. The van der Waals surface area contributed by atoms with Gasteiger partial charge in [-0.1, -0.05) is 6.07 Å².